The summed E-state index contributed by atoms with van der Waals surface area (Å²) in [5.41, 5.74) is 0.382. The Balaban J connectivity index is 2.64. The molecule has 80 valence electrons. The van der Waals surface area contributed by atoms with Gasteiger partial charge >= 0.3 is 0 Å². The van der Waals surface area contributed by atoms with Gasteiger partial charge in [0.15, 0.2) is 5.52 Å². The fraction of sp³-hybridized carbons (Fsp3) is 0.375. The number of hydrogen-bond acceptors (Lipinski definition) is 4. The van der Waals surface area contributed by atoms with Gasteiger partial charge < -0.3 is 5.11 Å². The van der Waals surface area contributed by atoms with Crippen molar-refractivity contribution in [1.82, 2.24) is 19.7 Å². The number of H-pyrrole nitrogens is 1. The molecule has 2 aromatic heterocycles. The zero-order valence-electron chi connectivity index (χ0n) is 7.94. The molecule has 0 radical (unpaired) electrons. The lowest BCUT2D eigenvalue weighted by Gasteiger charge is -2.04. The van der Waals surface area contributed by atoms with Crippen molar-refractivity contribution >= 4 is 22.6 Å². The van der Waals surface area contributed by atoms with Crippen LogP contribution >= 0.6 is 11.6 Å². The van der Waals surface area contributed by atoms with Crippen molar-refractivity contribution in [2.45, 2.75) is 19.6 Å². The van der Waals surface area contributed by atoms with E-state index in [1.807, 2.05) is 0 Å². The maximum atomic E-state index is 11.5. The molecule has 0 aromatic carbocycles. The highest BCUT2D eigenvalue weighted by Crippen LogP contribution is 2.08. The van der Waals surface area contributed by atoms with Crippen molar-refractivity contribution in [2.24, 2.45) is 0 Å². The van der Waals surface area contributed by atoms with E-state index < -0.39 is 6.10 Å². The van der Waals surface area contributed by atoms with Crippen molar-refractivity contribution in [3.05, 3.63) is 21.8 Å². The van der Waals surface area contributed by atoms with Crippen LogP contribution in [0.1, 0.15) is 6.92 Å². The third-order valence-corrected chi connectivity index (χ3v) is 2.09. The van der Waals surface area contributed by atoms with Gasteiger partial charge in [0.2, 0.25) is 5.28 Å². The SMILES string of the molecule is C[C@@H](O)Cn1ncc2nc(Cl)[nH]c(=O)c21. The average Bonchev–Trinajstić information content (AvgIpc) is 2.46. The minimum Gasteiger partial charge on any atom is -0.391 e. The molecular formula is C8H9ClN4O2. The van der Waals surface area contributed by atoms with Gasteiger partial charge in [-0.05, 0) is 18.5 Å². The molecule has 2 heterocycles. The average molecular weight is 229 g/mol. The van der Waals surface area contributed by atoms with Crippen LogP contribution in [-0.4, -0.2) is 31.0 Å². The van der Waals surface area contributed by atoms with E-state index in [9.17, 15) is 9.90 Å². The first-order valence-corrected chi connectivity index (χ1v) is 4.75. The summed E-state index contributed by atoms with van der Waals surface area (Å²) >= 11 is 5.59. The van der Waals surface area contributed by atoms with Crippen LogP contribution in [0.25, 0.3) is 11.0 Å². The number of fused-ring (bicyclic) bond motifs is 1. The van der Waals surface area contributed by atoms with Crippen LogP contribution in [0.2, 0.25) is 5.28 Å². The second kappa shape index (κ2) is 3.63. The lowest BCUT2D eigenvalue weighted by molar-refractivity contribution is 0.170. The van der Waals surface area contributed by atoms with Crippen molar-refractivity contribution in [3.8, 4) is 0 Å². The number of rotatable bonds is 2. The number of aliphatic hydroxyl groups excluding tert-OH is 1. The molecule has 0 saturated carbocycles. The molecule has 0 bridgehead atoms. The molecule has 15 heavy (non-hydrogen) atoms. The largest absolute Gasteiger partial charge is 0.391 e. The minimum absolute atomic E-state index is 0.0316. The quantitative estimate of drug-likeness (QED) is 0.717. The Kier molecular flexibility index (Phi) is 2.45. The van der Waals surface area contributed by atoms with Gasteiger partial charge in [-0.25, -0.2) is 4.98 Å². The Hall–Kier alpha value is -1.40. The molecule has 0 aliphatic carbocycles. The maximum absolute atomic E-state index is 11.5. The number of nitrogens with one attached hydrogen (secondary N) is 1. The molecule has 2 rings (SSSR count). The van der Waals surface area contributed by atoms with Gasteiger partial charge in [-0.1, -0.05) is 0 Å². The normalized spacial score (nSPS) is 13.3. The maximum Gasteiger partial charge on any atom is 0.278 e. The number of aromatic amines is 1. The summed E-state index contributed by atoms with van der Waals surface area (Å²) in [6.07, 6.45) is 0.863. The minimum atomic E-state index is -0.580. The molecule has 0 saturated heterocycles. The number of aromatic nitrogens is 4. The zero-order chi connectivity index (χ0) is 11.0. The van der Waals surface area contributed by atoms with Crippen LogP contribution in [0.4, 0.5) is 0 Å². The van der Waals surface area contributed by atoms with E-state index in [4.69, 9.17) is 11.6 Å². The summed E-state index contributed by atoms with van der Waals surface area (Å²) in [6.45, 7) is 1.86. The van der Waals surface area contributed by atoms with E-state index in [-0.39, 0.29) is 17.4 Å². The topological polar surface area (TPSA) is 83.8 Å². The van der Waals surface area contributed by atoms with E-state index in [1.54, 1.807) is 6.92 Å². The summed E-state index contributed by atoms with van der Waals surface area (Å²) in [6, 6.07) is 0. The predicted molar refractivity (Wildman–Crippen MR) is 54.8 cm³/mol. The molecule has 1 atom stereocenters. The Morgan fingerprint density at radius 1 is 1.73 bits per heavy atom. The molecule has 7 heteroatoms. The Labute approximate surface area is 89.5 Å². The molecule has 0 spiro atoms. The lowest BCUT2D eigenvalue weighted by Crippen LogP contribution is -2.18. The van der Waals surface area contributed by atoms with Gasteiger partial charge in [0.25, 0.3) is 5.56 Å². The molecule has 6 nitrogen and oxygen atoms in total. The highest BCUT2D eigenvalue weighted by molar-refractivity contribution is 6.28. The van der Waals surface area contributed by atoms with Gasteiger partial charge in [0.05, 0.1) is 18.8 Å². The van der Waals surface area contributed by atoms with Gasteiger partial charge in [-0.15, -0.1) is 0 Å². The zero-order valence-corrected chi connectivity index (χ0v) is 8.69. The molecular weight excluding hydrogens is 220 g/mol. The van der Waals surface area contributed by atoms with Crippen LogP contribution in [0.3, 0.4) is 0 Å². The van der Waals surface area contributed by atoms with E-state index >= 15 is 0 Å². The van der Waals surface area contributed by atoms with Crippen LogP contribution in [-0.2, 0) is 6.54 Å². The summed E-state index contributed by atoms with van der Waals surface area (Å²) in [5.74, 6) is 0. The van der Waals surface area contributed by atoms with Crippen LogP contribution in [0.5, 0.6) is 0 Å². The third-order valence-electron chi connectivity index (χ3n) is 1.91. The van der Waals surface area contributed by atoms with E-state index in [1.165, 1.54) is 10.9 Å². The first-order valence-electron chi connectivity index (χ1n) is 4.37. The highest BCUT2D eigenvalue weighted by Gasteiger charge is 2.10. The van der Waals surface area contributed by atoms with Crippen molar-refractivity contribution < 1.29 is 5.11 Å². The van der Waals surface area contributed by atoms with E-state index in [2.05, 4.69) is 15.1 Å². The van der Waals surface area contributed by atoms with E-state index in [0.717, 1.165) is 0 Å². The van der Waals surface area contributed by atoms with Gasteiger partial charge in [0, 0.05) is 0 Å². The van der Waals surface area contributed by atoms with Crippen molar-refractivity contribution in [1.29, 1.82) is 0 Å². The molecule has 0 aliphatic rings. The first kappa shape index (κ1) is 10.1. The van der Waals surface area contributed by atoms with Crippen LogP contribution in [0.15, 0.2) is 11.0 Å². The first-order chi connectivity index (χ1) is 7.08. The molecule has 0 unspecified atom stereocenters. The summed E-state index contributed by atoms with van der Waals surface area (Å²) in [7, 11) is 0. The van der Waals surface area contributed by atoms with Crippen molar-refractivity contribution in [3.63, 3.8) is 0 Å². The van der Waals surface area contributed by atoms with Crippen molar-refractivity contribution in [2.75, 3.05) is 0 Å². The molecule has 0 fully saturated rings. The molecule has 0 aliphatic heterocycles. The molecule has 0 amide bonds. The number of nitrogens with zero attached hydrogens (tertiary/aromatic N) is 3. The summed E-state index contributed by atoms with van der Waals surface area (Å²) in [4.78, 5) is 17.8. The van der Waals surface area contributed by atoms with E-state index in [0.29, 0.717) is 11.0 Å². The Bertz CT molecular complexity index is 545. The van der Waals surface area contributed by atoms with Gasteiger partial charge in [0.1, 0.15) is 5.52 Å². The monoisotopic (exact) mass is 228 g/mol. The smallest absolute Gasteiger partial charge is 0.278 e. The standard InChI is InChI=1S/C8H9ClN4O2/c1-4(14)3-13-6-5(2-10-13)11-8(9)12-7(6)15/h2,4,14H,3H2,1H3,(H,11,12,15)/t4-/m1/s1. The molecule has 2 aromatic rings. The Morgan fingerprint density at radius 2 is 2.47 bits per heavy atom. The second-order valence-electron chi connectivity index (χ2n) is 3.27. The number of halogens is 1. The van der Waals surface area contributed by atoms with Gasteiger partial charge in [-0.3, -0.25) is 14.5 Å². The summed E-state index contributed by atoms with van der Waals surface area (Å²) < 4.78 is 1.40. The molecule has 2 N–H and O–H groups in total. The summed E-state index contributed by atoms with van der Waals surface area (Å²) in [5, 5.41) is 13.2. The fourth-order valence-electron chi connectivity index (χ4n) is 1.37. The second-order valence-corrected chi connectivity index (χ2v) is 3.62. The fourth-order valence-corrected chi connectivity index (χ4v) is 1.54. The number of aliphatic hydroxyl groups is 1. The van der Waals surface area contributed by atoms with Crippen LogP contribution in [0, 0.1) is 0 Å². The predicted octanol–water partition coefficient (Wildman–Crippen LogP) is 0.154. The number of hydrogen-bond donors (Lipinski definition) is 2. The lowest BCUT2D eigenvalue weighted by atomic mass is 10.4. The Morgan fingerprint density at radius 3 is 3.13 bits per heavy atom. The highest BCUT2D eigenvalue weighted by atomic mass is 35.5. The third kappa shape index (κ3) is 1.86. The van der Waals surface area contributed by atoms with Crippen LogP contribution < -0.4 is 5.56 Å². The van der Waals surface area contributed by atoms with Gasteiger partial charge in [-0.2, -0.15) is 5.10 Å².